The van der Waals surface area contributed by atoms with E-state index in [9.17, 15) is 8.42 Å². The fraction of sp³-hybridized carbons (Fsp3) is 0.692. The molecule has 0 amide bonds. The number of hydrogen-bond donors (Lipinski definition) is 2. The van der Waals surface area contributed by atoms with E-state index in [0.717, 1.165) is 17.7 Å². The van der Waals surface area contributed by atoms with Crippen LogP contribution in [0.1, 0.15) is 43.9 Å². The van der Waals surface area contributed by atoms with Crippen LogP contribution >= 0.6 is 27.3 Å². The second-order valence-electron chi connectivity index (χ2n) is 5.75. The van der Waals surface area contributed by atoms with Crippen LogP contribution in [-0.4, -0.2) is 15.0 Å². The van der Waals surface area contributed by atoms with Crippen molar-refractivity contribution in [1.29, 1.82) is 0 Å². The molecule has 1 aliphatic carbocycles. The van der Waals surface area contributed by atoms with Crippen molar-refractivity contribution in [3.05, 3.63) is 14.7 Å². The molecule has 1 saturated carbocycles. The maximum atomic E-state index is 12.4. The average molecular weight is 381 g/mol. The average Bonchev–Trinajstić information content (AvgIpc) is 2.80. The Labute approximate surface area is 133 Å². The monoisotopic (exact) mass is 380 g/mol. The Morgan fingerprint density at radius 2 is 2.05 bits per heavy atom. The Hall–Kier alpha value is 0.0500. The molecule has 20 heavy (non-hydrogen) atoms. The first-order chi connectivity index (χ1) is 9.36. The van der Waals surface area contributed by atoms with Crippen LogP contribution in [0.3, 0.4) is 0 Å². The number of thiophene rings is 1. The lowest BCUT2D eigenvalue weighted by Gasteiger charge is -2.33. The first kappa shape index (κ1) is 16.4. The third kappa shape index (κ3) is 3.82. The van der Waals surface area contributed by atoms with Gasteiger partial charge in [-0.1, -0.05) is 26.2 Å². The summed E-state index contributed by atoms with van der Waals surface area (Å²) in [5.74, 6) is 0. The maximum Gasteiger partial charge on any atom is 0.242 e. The van der Waals surface area contributed by atoms with Crippen molar-refractivity contribution in [2.45, 2.75) is 50.5 Å². The predicted octanol–water partition coefficient (Wildman–Crippen LogP) is 3.22. The summed E-state index contributed by atoms with van der Waals surface area (Å²) in [5.41, 5.74) is 5.65. The Bertz CT molecular complexity index is 563. The largest absolute Gasteiger partial charge is 0.326 e. The van der Waals surface area contributed by atoms with E-state index >= 15 is 0 Å². The smallest absolute Gasteiger partial charge is 0.242 e. The molecule has 1 aromatic rings. The van der Waals surface area contributed by atoms with Crippen LogP contribution in [0.4, 0.5) is 0 Å². The summed E-state index contributed by atoms with van der Waals surface area (Å²) in [5, 5.41) is 0. The van der Waals surface area contributed by atoms with E-state index in [2.05, 4.69) is 27.6 Å². The zero-order chi connectivity index (χ0) is 14.8. The molecule has 1 fully saturated rings. The standard InChI is InChI=1S/C13H21BrN2O2S2/c1-13(5-3-2-4-6-13)9-16-20(17,18)11-7-10(8-15)19-12(11)14/h7,16H,2-6,8-9,15H2,1H3. The van der Waals surface area contributed by atoms with Gasteiger partial charge in [0.25, 0.3) is 0 Å². The van der Waals surface area contributed by atoms with Gasteiger partial charge in [0, 0.05) is 18.0 Å². The highest BCUT2D eigenvalue weighted by atomic mass is 79.9. The zero-order valence-corrected chi connectivity index (χ0v) is 14.8. The van der Waals surface area contributed by atoms with Gasteiger partial charge in [-0.3, -0.25) is 0 Å². The number of rotatable bonds is 5. The first-order valence-electron chi connectivity index (χ1n) is 6.84. The van der Waals surface area contributed by atoms with Gasteiger partial charge in [-0.05, 0) is 40.3 Å². The van der Waals surface area contributed by atoms with Gasteiger partial charge in [0.15, 0.2) is 0 Å². The van der Waals surface area contributed by atoms with Crippen molar-refractivity contribution in [3.63, 3.8) is 0 Å². The van der Waals surface area contributed by atoms with Crippen LogP contribution in [0.15, 0.2) is 14.7 Å². The number of sulfonamides is 1. The third-order valence-corrected chi connectivity index (χ3v) is 7.62. The molecule has 7 heteroatoms. The lowest BCUT2D eigenvalue weighted by Crippen LogP contribution is -2.37. The summed E-state index contributed by atoms with van der Waals surface area (Å²) < 4.78 is 28.2. The van der Waals surface area contributed by atoms with Crippen LogP contribution in [0.2, 0.25) is 0 Å². The van der Waals surface area contributed by atoms with Crippen LogP contribution in [0.5, 0.6) is 0 Å². The highest BCUT2D eigenvalue weighted by molar-refractivity contribution is 9.11. The summed E-state index contributed by atoms with van der Waals surface area (Å²) in [6, 6.07) is 1.65. The third-order valence-electron chi connectivity index (χ3n) is 3.95. The quantitative estimate of drug-likeness (QED) is 0.823. The SMILES string of the molecule is CC1(CNS(=O)(=O)c2cc(CN)sc2Br)CCCCC1. The molecule has 2 rings (SSSR count). The van der Waals surface area contributed by atoms with Crippen LogP contribution in [-0.2, 0) is 16.6 Å². The second kappa shape index (κ2) is 6.44. The van der Waals surface area contributed by atoms with E-state index in [0.29, 0.717) is 21.8 Å². The van der Waals surface area contributed by atoms with E-state index in [1.165, 1.54) is 30.6 Å². The fourth-order valence-electron chi connectivity index (χ4n) is 2.61. The molecule has 0 aliphatic heterocycles. The van der Waals surface area contributed by atoms with Crippen LogP contribution < -0.4 is 10.5 Å². The van der Waals surface area contributed by atoms with Crippen molar-refractivity contribution in [1.82, 2.24) is 4.72 Å². The molecule has 0 aromatic carbocycles. The molecule has 0 atom stereocenters. The number of nitrogens with two attached hydrogens (primary N) is 1. The number of hydrogen-bond acceptors (Lipinski definition) is 4. The fourth-order valence-corrected chi connectivity index (χ4v) is 6.37. The molecule has 0 radical (unpaired) electrons. The minimum absolute atomic E-state index is 0.0878. The highest BCUT2D eigenvalue weighted by Gasteiger charge is 2.29. The highest BCUT2D eigenvalue weighted by Crippen LogP contribution is 2.36. The van der Waals surface area contributed by atoms with E-state index in [1.807, 2.05) is 0 Å². The van der Waals surface area contributed by atoms with Gasteiger partial charge in [0.05, 0.1) is 3.79 Å². The van der Waals surface area contributed by atoms with Gasteiger partial charge in [0.1, 0.15) is 4.90 Å². The van der Waals surface area contributed by atoms with Gasteiger partial charge in [0.2, 0.25) is 10.0 Å². The minimum Gasteiger partial charge on any atom is -0.326 e. The molecule has 1 aliphatic rings. The van der Waals surface area contributed by atoms with Crippen molar-refractivity contribution in [2.24, 2.45) is 11.1 Å². The molecule has 0 saturated heterocycles. The van der Waals surface area contributed by atoms with Crippen LogP contribution in [0, 0.1) is 5.41 Å². The summed E-state index contributed by atoms with van der Waals surface area (Å²) in [6.07, 6.45) is 5.83. The Morgan fingerprint density at radius 1 is 1.40 bits per heavy atom. The van der Waals surface area contributed by atoms with Gasteiger partial charge in [-0.15, -0.1) is 11.3 Å². The molecule has 0 bridgehead atoms. The van der Waals surface area contributed by atoms with Gasteiger partial charge >= 0.3 is 0 Å². The lowest BCUT2D eigenvalue weighted by molar-refractivity contribution is 0.219. The normalized spacial score (nSPS) is 19.1. The molecule has 1 aromatic heterocycles. The van der Waals surface area contributed by atoms with Crippen LogP contribution in [0.25, 0.3) is 0 Å². The number of nitrogens with one attached hydrogen (secondary N) is 1. The van der Waals surface area contributed by atoms with Crippen molar-refractivity contribution < 1.29 is 8.42 Å². The van der Waals surface area contributed by atoms with Crippen molar-refractivity contribution in [2.75, 3.05) is 6.54 Å². The molecular weight excluding hydrogens is 360 g/mol. The topological polar surface area (TPSA) is 72.2 Å². The van der Waals surface area contributed by atoms with E-state index in [1.54, 1.807) is 6.07 Å². The van der Waals surface area contributed by atoms with Crippen molar-refractivity contribution in [3.8, 4) is 0 Å². The van der Waals surface area contributed by atoms with Gasteiger partial charge in [-0.2, -0.15) is 0 Å². The molecular formula is C13H21BrN2O2S2. The summed E-state index contributed by atoms with van der Waals surface area (Å²) >= 11 is 4.69. The summed E-state index contributed by atoms with van der Waals surface area (Å²) in [6.45, 7) is 3.04. The summed E-state index contributed by atoms with van der Waals surface area (Å²) in [7, 11) is -3.46. The van der Waals surface area contributed by atoms with Gasteiger partial charge in [-0.25, -0.2) is 13.1 Å². The van der Waals surface area contributed by atoms with E-state index in [-0.39, 0.29) is 5.41 Å². The Balaban J connectivity index is 2.08. The summed E-state index contributed by atoms with van der Waals surface area (Å²) in [4.78, 5) is 1.17. The minimum atomic E-state index is -3.46. The second-order valence-corrected chi connectivity index (χ2v) is 9.94. The molecule has 1 heterocycles. The van der Waals surface area contributed by atoms with Crippen molar-refractivity contribution >= 4 is 37.3 Å². The molecule has 0 spiro atoms. The van der Waals surface area contributed by atoms with E-state index in [4.69, 9.17) is 5.73 Å². The first-order valence-corrected chi connectivity index (χ1v) is 9.93. The Morgan fingerprint density at radius 3 is 2.60 bits per heavy atom. The molecule has 4 nitrogen and oxygen atoms in total. The molecule has 114 valence electrons. The number of halogens is 1. The predicted molar refractivity (Wildman–Crippen MR) is 86.3 cm³/mol. The Kier molecular flexibility index (Phi) is 5.29. The van der Waals surface area contributed by atoms with Gasteiger partial charge < -0.3 is 5.73 Å². The van der Waals surface area contributed by atoms with E-state index < -0.39 is 10.0 Å². The zero-order valence-electron chi connectivity index (χ0n) is 11.6. The maximum absolute atomic E-state index is 12.4. The molecule has 3 N–H and O–H groups in total. The lowest BCUT2D eigenvalue weighted by atomic mass is 9.76. The molecule has 0 unspecified atom stereocenters.